The van der Waals surface area contributed by atoms with Crippen molar-refractivity contribution in [2.24, 2.45) is 0 Å². The standard InChI is InChI=1S/C11H15NO5S/c1-9(13)12-10-5-3-4-6-11(10)16-7-8-17-18(2,14)15/h3-6H,7-8H2,1-2H3,(H,12,13). The maximum atomic E-state index is 11.0. The van der Waals surface area contributed by atoms with Crippen LogP contribution in [0.25, 0.3) is 0 Å². The van der Waals surface area contributed by atoms with Crippen LogP contribution in [0.2, 0.25) is 0 Å². The molecule has 18 heavy (non-hydrogen) atoms. The lowest BCUT2D eigenvalue weighted by atomic mass is 10.3. The van der Waals surface area contributed by atoms with Crippen molar-refractivity contribution >= 4 is 21.7 Å². The lowest BCUT2D eigenvalue weighted by molar-refractivity contribution is -0.114. The molecule has 0 aliphatic rings. The second-order valence-corrected chi connectivity index (χ2v) is 5.20. The number of para-hydroxylation sites is 2. The van der Waals surface area contributed by atoms with E-state index in [4.69, 9.17) is 4.74 Å². The molecule has 1 aromatic carbocycles. The minimum absolute atomic E-state index is 0.0731. The second-order valence-electron chi connectivity index (χ2n) is 3.55. The fourth-order valence-electron chi connectivity index (χ4n) is 1.22. The number of carbonyl (C=O) groups is 1. The van der Waals surface area contributed by atoms with Crippen LogP contribution < -0.4 is 10.1 Å². The van der Waals surface area contributed by atoms with E-state index in [1.165, 1.54) is 6.92 Å². The number of hydrogen-bond acceptors (Lipinski definition) is 5. The van der Waals surface area contributed by atoms with Crippen molar-refractivity contribution < 1.29 is 22.1 Å². The van der Waals surface area contributed by atoms with Crippen LogP contribution in [-0.2, 0) is 19.1 Å². The maximum absolute atomic E-state index is 11.0. The summed E-state index contributed by atoms with van der Waals surface area (Å²) < 4.78 is 31.3. The molecular formula is C11H15NO5S. The van der Waals surface area contributed by atoms with Gasteiger partial charge in [-0.05, 0) is 12.1 Å². The largest absolute Gasteiger partial charge is 0.489 e. The molecule has 1 rings (SSSR count). The van der Waals surface area contributed by atoms with Gasteiger partial charge in [-0.3, -0.25) is 8.98 Å². The van der Waals surface area contributed by atoms with Crippen LogP contribution in [0.15, 0.2) is 24.3 Å². The monoisotopic (exact) mass is 273 g/mol. The molecule has 100 valence electrons. The molecule has 0 fully saturated rings. The van der Waals surface area contributed by atoms with Crippen LogP contribution in [0.5, 0.6) is 5.75 Å². The van der Waals surface area contributed by atoms with Crippen molar-refractivity contribution in [3.05, 3.63) is 24.3 Å². The Kier molecular flexibility index (Phi) is 5.11. The van der Waals surface area contributed by atoms with Crippen molar-refractivity contribution in [2.45, 2.75) is 6.92 Å². The predicted molar refractivity (Wildman–Crippen MR) is 67.0 cm³/mol. The first-order valence-corrected chi connectivity index (χ1v) is 7.04. The van der Waals surface area contributed by atoms with Gasteiger partial charge in [0.25, 0.3) is 10.1 Å². The van der Waals surface area contributed by atoms with Crippen LogP contribution in [0.1, 0.15) is 6.92 Å². The third kappa shape index (κ3) is 5.65. The fourth-order valence-corrected chi connectivity index (χ4v) is 1.59. The molecule has 0 atom stereocenters. The van der Waals surface area contributed by atoms with Gasteiger partial charge >= 0.3 is 0 Å². The summed E-state index contributed by atoms with van der Waals surface area (Å²) in [6, 6.07) is 6.86. The van der Waals surface area contributed by atoms with Crippen LogP contribution in [0.4, 0.5) is 5.69 Å². The molecule has 0 radical (unpaired) electrons. The van der Waals surface area contributed by atoms with Crippen LogP contribution in [-0.4, -0.2) is 33.8 Å². The topological polar surface area (TPSA) is 81.7 Å². The molecule has 0 saturated heterocycles. The Morgan fingerprint density at radius 3 is 2.56 bits per heavy atom. The first-order chi connectivity index (χ1) is 8.38. The zero-order valence-electron chi connectivity index (χ0n) is 10.2. The van der Waals surface area contributed by atoms with E-state index in [2.05, 4.69) is 9.50 Å². The average Bonchev–Trinajstić information content (AvgIpc) is 2.24. The molecule has 6 nitrogen and oxygen atoms in total. The van der Waals surface area contributed by atoms with Gasteiger partial charge in [0.05, 0.1) is 11.9 Å². The number of nitrogens with one attached hydrogen (secondary N) is 1. The first-order valence-electron chi connectivity index (χ1n) is 5.22. The highest BCUT2D eigenvalue weighted by molar-refractivity contribution is 7.85. The highest BCUT2D eigenvalue weighted by Crippen LogP contribution is 2.23. The molecule has 0 heterocycles. The van der Waals surface area contributed by atoms with Gasteiger partial charge in [0.15, 0.2) is 0 Å². The fraction of sp³-hybridized carbons (Fsp3) is 0.364. The minimum Gasteiger partial charge on any atom is -0.489 e. The summed E-state index contributed by atoms with van der Waals surface area (Å²) in [4.78, 5) is 11.0. The molecule has 1 aromatic rings. The third-order valence-electron chi connectivity index (χ3n) is 1.84. The van der Waals surface area contributed by atoms with Crippen LogP contribution in [0, 0.1) is 0 Å². The zero-order chi connectivity index (χ0) is 13.6. The molecule has 0 bridgehead atoms. The highest BCUT2D eigenvalue weighted by Gasteiger charge is 2.05. The third-order valence-corrected chi connectivity index (χ3v) is 2.43. The van der Waals surface area contributed by atoms with Crippen molar-refractivity contribution in [1.29, 1.82) is 0 Å². The molecular weight excluding hydrogens is 258 g/mol. The van der Waals surface area contributed by atoms with E-state index in [1.54, 1.807) is 24.3 Å². The van der Waals surface area contributed by atoms with Crippen LogP contribution >= 0.6 is 0 Å². The predicted octanol–water partition coefficient (Wildman–Crippen LogP) is 1.00. The van der Waals surface area contributed by atoms with E-state index in [9.17, 15) is 13.2 Å². The Labute approximate surface area is 106 Å². The molecule has 1 N–H and O–H groups in total. The van der Waals surface area contributed by atoms with Gasteiger partial charge in [-0.2, -0.15) is 8.42 Å². The van der Waals surface area contributed by atoms with Gasteiger partial charge < -0.3 is 10.1 Å². The second kappa shape index (κ2) is 6.36. The summed E-state index contributed by atoms with van der Waals surface area (Å²) in [5.74, 6) is 0.253. The van der Waals surface area contributed by atoms with Gasteiger partial charge in [0.1, 0.15) is 19.0 Å². The van der Waals surface area contributed by atoms with E-state index < -0.39 is 10.1 Å². The van der Waals surface area contributed by atoms with Crippen molar-refractivity contribution in [3.63, 3.8) is 0 Å². The Morgan fingerprint density at radius 2 is 1.94 bits per heavy atom. The Morgan fingerprint density at radius 1 is 1.28 bits per heavy atom. The first kappa shape index (κ1) is 14.5. The molecule has 1 amide bonds. The lowest BCUT2D eigenvalue weighted by Gasteiger charge is -2.11. The van der Waals surface area contributed by atoms with Gasteiger partial charge in [0.2, 0.25) is 5.91 Å². The Hall–Kier alpha value is -1.60. The summed E-state index contributed by atoms with van der Waals surface area (Å²) in [5.41, 5.74) is 0.532. The molecule has 0 aliphatic heterocycles. The van der Waals surface area contributed by atoms with Crippen molar-refractivity contribution in [1.82, 2.24) is 0 Å². The smallest absolute Gasteiger partial charge is 0.264 e. The maximum Gasteiger partial charge on any atom is 0.264 e. The average molecular weight is 273 g/mol. The highest BCUT2D eigenvalue weighted by atomic mass is 32.2. The van der Waals surface area contributed by atoms with E-state index in [0.717, 1.165) is 6.26 Å². The summed E-state index contributed by atoms with van der Waals surface area (Å²) >= 11 is 0. The zero-order valence-corrected chi connectivity index (χ0v) is 11.0. The van der Waals surface area contributed by atoms with Gasteiger partial charge in [-0.1, -0.05) is 12.1 Å². The number of hydrogen-bond donors (Lipinski definition) is 1. The summed E-state index contributed by atoms with van der Waals surface area (Å²) in [6.07, 6.45) is 0.970. The molecule has 0 spiro atoms. The van der Waals surface area contributed by atoms with Gasteiger partial charge in [-0.15, -0.1) is 0 Å². The number of ether oxygens (including phenoxy) is 1. The minimum atomic E-state index is -3.46. The lowest BCUT2D eigenvalue weighted by Crippen LogP contribution is -2.13. The van der Waals surface area contributed by atoms with E-state index in [0.29, 0.717) is 11.4 Å². The number of anilines is 1. The normalized spacial score (nSPS) is 11.0. The van der Waals surface area contributed by atoms with Crippen molar-refractivity contribution in [2.75, 3.05) is 24.8 Å². The quantitative estimate of drug-likeness (QED) is 0.617. The Bertz CT molecular complexity index is 512. The Balaban J connectivity index is 2.54. The van der Waals surface area contributed by atoms with E-state index in [1.807, 2.05) is 0 Å². The van der Waals surface area contributed by atoms with E-state index >= 15 is 0 Å². The molecule has 0 aliphatic carbocycles. The van der Waals surface area contributed by atoms with Gasteiger partial charge in [-0.25, -0.2) is 0 Å². The molecule has 0 unspecified atom stereocenters. The summed E-state index contributed by atoms with van der Waals surface area (Å²) in [7, 11) is -3.46. The molecule has 0 aromatic heterocycles. The molecule has 7 heteroatoms. The summed E-state index contributed by atoms with van der Waals surface area (Å²) in [5, 5.41) is 2.61. The number of benzene rings is 1. The molecule has 0 saturated carbocycles. The summed E-state index contributed by atoms with van der Waals surface area (Å²) in [6.45, 7) is 1.39. The van der Waals surface area contributed by atoms with Crippen molar-refractivity contribution in [3.8, 4) is 5.75 Å². The SMILES string of the molecule is CC(=O)Nc1ccccc1OCCOS(C)(=O)=O. The van der Waals surface area contributed by atoms with Gasteiger partial charge in [0, 0.05) is 6.92 Å². The van der Waals surface area contributed by atoms with Crippen LogP contribution in [0.3, 0.4) is 0 Å². The number of carbonyl (C=O) groups excluding carboxylic acids is 1. The van der Waals surface area contributed by atoms with E-state index in [-0.39, 0.29) is 19.1 Å². The number of rotatable bonds is 6. The number of amides is 1.